The summed E-state index contributed by atoms with van der Waals surface area (Å²) in [7, 11) is 0. The Morgan fingerprint density at radius 2 is 1.90 bits per heavy atom. The monoisotopic (exact) mass is 447 g/mol. The molecule has 0 saturated heterocycles. The molecule has 1 aromatic heterocycles. The van der Waals surface area contributed by atoms with Gasteiger partial charge in [-0.25, -0.2) is 4.98 Å². The number of carbonyl (C=O) groups is 1. The molecule has 5 nitrogen and oxygen atoms in total. The fourth-order valence-corrected chi connectivity index (χ4v) is 4.04. The number of aromatic nitrogens is 1. The number of benzene rings is 3. The third-order valence-electron chi connectivity index (χ3n) is 4.57. The first-order valence-corrected chi connectivity index (χ1v) is 11.2. The lowest BCUT2D eigenvalue weighted by Crippen LogP contribution is -2.34. The van der Waals surface area contributed by atoms with Gasteiger partial charge in [0.05, 0.1) is 12.3 Å². The van der Waals surface area contributed by atoms with Gasteiger partial charge in [-0.15, -0.1) is 11.3 Å². The van der Waals surface area contributed by atoms with Gasteiger partial charge in [0.25, 0.3) is 5.91 Å². The van der Waals surface area contributed by atoms with Crippen LogP contribution in [0.4, 0.5) is 5.13 Å². The second-order valence-corrected chi connectivity index (χ2v) is 8.15. The van der Waals surface area contributed by atoms with Crippen LogP contribution in [0, 0.1) is 0 Å². The molecule has 1 amide bonds. The third kappa shape index (κ3) is 5.25. The number of amides is 1. The summed E-state index contributed by atoms with van der Waals surface area (Å²) in [5.74, 6) is 0.360. The van der Waals surface area contributed by atoms with E-state index in [1.165, 1.54) is 16.7 Å². The summed E-state index contributed by atoms with van der Waals surface area (Å²) in [6.45, 7) is 2.64. The number of thiazole rings is 1. The molecule has 4 aromatic rings. The molecule has 3 aromatic carbocycles. The largest absolute Gasteiger partial charge is 0.494 e. The van der Waals surface area contributed by atoms with Gasteiger partial charge >= 0.3 is 0 Å². The molecule has 1 heterocycles. The van der Waals surface area contributed by atoms with Crippen LogP contribution in [-0.4, -0.2) is 22.6 Å². The van der Waals surface area contributed by atoms with Crippen LogP contribution in [0.15, 0.2) is 72.1 Å². The number of ether oxygens (including phenoxy) is 1. The van der Waals surface area contributed by atoms with E-state index in [0.29, 0.717) is 23.1 Å². The van der Waals surface area contributed by atoms with Gasteiger partial charge in [0, 0.05) is 16.5 Å². The predicted molar refractivity (Wildman–Crippen MR) is 131 cm³/mol. The summed E-state index contributed by atoms with van der Waals surface area (Å²) in [6.07, 6.45) is 0.902. The highest BCUT2D eigenvalue weighted by Gasteiger charge is 2.11. The summed E-state index contributed by atoms with van der Waals surface area (Å²) in [4.78, 5) is 17.1. The summed E-state index contributed by atoms with van der Waals surface area (Å²) < 4.78 is 5.58. The Bertz CT molecular complexity index is 1240. The molecule has 0 bridgehead atoms. The average Bonchev–Trinajstić information content (AvgIpc) is 3.25. The van der Waals surface area contributed by atoms with Crippen LogP contribution < -0.4 is 15.4 Å². The molecule has 0 atom stereocenters. The number of anilines is 1. The standard InChI is InChI=1S/C24H21N3O2S2/c1-2-12-29-20-9-5-8-19(14-20)22(28)26-23(30)27-24-25-21(15-31-24)18-11-10-16-6-3-4-7-17(16)13-18/h3-11,13-15H,2,12H2,1H3,(H2,25,26,27,28,30). The number of fused-ring (bicyclic) bond motifs is 1. The smallest absolute Gasteiger partial charge is 0.257 e. The highest BCUT2D eigenvalue weighted by molar-refractivity contribution is 7.80. The van der Waals surface area contributed by atoms with E-state index in [1.807, 2.05) is 30.5 Å². The van der Waals surface area contributed by atoms with Crippen molar-refractivity contribution in [3.8, 4) is 17.0 Å². The Balaban J connectivity index is 1.40. The molecule has 7 heteroatoms. The minimum absolute atomic E-state index is 0.198. The van der Waals surface area contributed by atoms with Gasteiger partial charge in [-0.2, -0.15) is 0 Å². The normalized spacial score (nSPS) is 10.6. The number of rotatable bonds is 6. The van der Waals surface area contributed by atoms with Gasteiger partial charge in [0.1, 0.15) is 5.75 Å². The van der Waals surface area contributed by atoms with E-state index in [4.69, 9.17) is 17.0 Å². The highest BCUT2D eigenvalue weighted by Crippen LogP contribution is 2.27. The van der Waals surface area contributed by atoms with E-state index in [2.05, 4.69) is 45.9 Å². The summed E-state index contributed by atoms with van der Waals surface area (Å²) in [5, 5.41) is 10.8. The number of hydrogen-bond acceptors (Lipinski definition) is 5. The zero-order chi connectivity index (χ0) is 21.6. The van der Waals surface area contributed by atoms with E-state index in [0.717, 1.165) is 23.1 Å². The molecule has 0 fully saturated rings. The maximum absolute atomic E-state index is 12.5. The lowest BCUT2D eigenvalue weighted by Gasteiger charge is -2.09. The van der Waals surface area contributed by atoms with Crippen LogP contribution in [-0.2, 0) is 0 Å². The SMILES string of the molecule is CCCOc1cccc(C(=O)NC(=S)Nc2nc(-c3ccc4ccccc4c3)cs2)c1. The quantitative estimate of drug-likeness (QED) is 0.362. The molecule has 0 aliphatic heterocycles. The van der Waals surface area contributed by atoms with E-state index in [9.17, 15) is 4.79 Å². The van der Waals surface area contributed by atoms with Gasteiger partial charge in [-0.3, -0.25) is 10.1 Å². The number of hydrogen-bond donors (Lipinski definition) is 2. The molecule has 0 radical (unpaired) electrons. The molecule has 4 rings (SSSR count). The van der Waals surface area contributed by atoms with Crippen molar-refractivity contribution in [1.82, 2.24) is 10.3 Å². The molecule has 156 valence electrons. The van der Waals surface area contributed by atoms with Crippen molar-refractivity contribution in [2.45, 2.75) is 13.3 Å². The molecular formula is C24H21N3O2S2. The van der Waals surface area contributed by atoms with Gasteiger partial charge in [-0.05, 0) is 53.7 Å². The molecule has 0 saturated carbocycles. The van der Waals surface area contributed by atoms with Crippen LogP contribution >= 0.6 is 23.6 Å². The lowest BCUT2D eigenvalue weighted by atomic mass is 10.1. The average molecular weight is 448 g/mol. The van der Waals surface area contributed by atoms with Gasteiger partial charge in [0.15, 0.2) is 10.2 Å². The number of carbonyl (C=O) groups excluding carboxylic acids is 1. The highest BCUT2D eigenvalue weighted by atomic mass is 32.1. The second kappa shape index (κ2) is 9.68. The zero-order valence-electron chi connectivity index (χ0n) is 16.9. The Kier molecular flexibility index (Phi) is 6.54. The molecule has 0 unspecified atom stereocenters. The van der Waals surface area contributed by atoms with E-state index in [-0.39, 0.29) is 11.0 Å². The maximum atomic E-state index is 12.5. The van der Waals surface area contributed by atoms with E-state index < -0.39 is 0 Å². The van der Waals surface area contributed by atoms with E-state index >= 15 is 0 Å². The van der Waals surface area contributed by atoms with Crippen molar-refractivity contribution >= 4 is 50.5 Å². The predicted octanol–water partition coefficient (Wildman–Crippen LogP) is 5.88. The molecule has 31 heavy (non-hydrogen) atoms. The van der Waals surface area contributed by atoms with E-state index in [1.54, 1.807) is 18.2 Å². The Morgan fingerprint density at radius 3 is 2.74 bits per heavy atom. The summed E-state index contributed by atoms with van der Waals surface area (Å²) in [5.41, 5.74) is 2.36. The number of thiocarbonyl (C=S) groups is 1. The molecule has 0 aliphatic rings. The van der Waals surface area contributed by atoms with Crippen LogP contribution in [0.5, 0.6) is 5.75 Å². The zero-order valence-corrected chi connectivity index (χ0v) is 18.6. The van der Waals surface area contributed by atoms with Gasteiger partial charge in [0.2, 0.25) is 0 Å². The Labute approximate surface area is 190 Å². The molecular weight excluding hydrogens is 426 g/mol. The topological polar surface area (TPSA) is 63.2 Å². The number of nitrogens with one attached hydrogen (secondary N) is 2. The molecule has 0 spiro atoms. The van der Waals surface area contributed by atoms with Crippen LogP contribution in [0.1, 0.15) is 23.7 Å². The van der Waals surface area contributed by atoms with Gasteiger partial charge < -0.3 is 10.1 Å². The van der Waals surface area contributed by atoms with Crippen molar-refractivity contribution in [3.63, 3.8) is 0 Å². The Hall–Kier alpha value is -3.29. The van der Waals surface area contributed by atoms with Crippen molar-refractivity contribution < 1.29 is 9.53 Å². The Morgan fingerprint density at radius 1 is 1.06 bits per heavy atom. The second-order valence-electron chi connectivity index (χ2n) is 6.88. The summed E-state index contributed by atoms with van der Waals surface area (Å²) in [6, 6.07) is 21.5. The first kappa shape index (κ1) is 21.0. The molecule has 0 aliphatic carbocycles. The fraction of sp³-hybridized carbons (Fsp3) is 0.125. The third-order valence-corrected chi connectivity index (χ3v) is 5.53. The first-order chi connectivity index (χ1) is 15.1. The summed E-state index contributed by atoms with van der Waals surface area (Å²) >= 11 is 6.73. The minimum Gasteiger partial charge on any atom is -0.494 e. The van der Waals surface area contributed by atoms with Crippen molar-refractivity contribution in [1.29, 1.82) is 0 Å². The number of nitrogens with zero attached hydrogens (tertiary/aromatic N) is 1. The van der Waals surface area contributed by atoms with Crippen LogP contribution in [0.3, 0.4) is 0 Å². The molecule has 2 N–H and O–H groups in total. The fourth-order valence-electron chi connectivity index (χ4n) is 3.06. The van der Waals surface area contributed by atoms with Crippen molar-refractivity contribution in [2.24, 2.45) is 0 Å². The van der Waals surface area contributed by atoms with Crippen LogP contribution in [0.2, 0.25) is 0 Å². The maximum Gasteiger partial charge on any atom is 0.257 e. The first-order valence-electron chi connectivity index (χ1n) is 9.92. The van der Waals surface area contributed by atoms with Crippen molar-refractivity contribution in [2.75, 3.05) is 11.9 Å². The van der Waals surface area contributed by atoms with Gasteiger partial charge in [-0.1, -0.05) is 49.4 Å². The van der Waals surface area contributed by atoms with Crippen LogP contribution in [0.25, 0.3) is 22.0 Å². The minimum atomic E-state index is -0.300. The lowest BCUT2D eigenvalue weighted by molar-refractivity contribution is 0.0977. The van der Waals surface area contributed by atoms with Crippen molar-refractivity contribution in [3.05, 3.63) is 77.7 Å².